The standard InChI is InChI=1S/C20H28N2O4/c1-22-17-9-5-6-11-20(17,12-10-18(22)23)19(24)21-13-14-26-16-8-4-3-7-15(16)25-2/h3-4,7-8,17H,5-6,9-14H2,1-2H3,(H,21,24)/t17-,20-/m0/s1. The van der Waals surface area contributed by atoms with Crippen LogP contribution in [0.1, 0.15) is 38.5 Å². The number of nitrogens with zero attached hydrogens (tertiary/aromatic N) is 1. The Hall–Kier alpha value is -2.24. The number of ether oxygens (including phenoxy) is 2. The summed E-state index contributed by atoms with van der Waals surface area (Å²) in [7, 11) is 3.44. The SMILES string of the molecule is COc1ccccc1OCCNC(=O)[C@]12CCCC[C@@H]1N(C)C(=O)CC2. The maximum Gasteiger partial charge on any atom is 0.228 e. The Morgan fingerprint density at radius 3 is 2.81 bits per heavy atom. The average molecular weight is 360 g/mol. The molecule has 1 N–H and O–H groups in total. The molecule has 6 nitrogen and oxygen atoms in total. The van der Waals surface area contributed by atoms with Gasteiger partial charge in [0.05, 0.1) is 19.1 Å². The van der Waals surface area contributed by atoms with E-state index in [0.29, 0.717) is 37.5 Å². The van der Waals surface area contributed by atoms with Crippen LogP contribution >= 0.6 is 0 Å². The van der Waals surface area contributed by atoms with Gasteiger partial charge in [0.1, 0.15) is 6.61 Å². The van der Waals surface area contributed by atoms with Crippen LogP contribution in [0.15, 0.2) is 24.3 Å². The summed E-state index contributed by atoms with van der Waals surface area (Å²) in [5.41, 5.74) is -0.439. The molecule has 1 aromatic rings. The van der Waals surface area contributed by atoms with Gasteiger partial charge in [-0.05, 0) is 31.4 Å². The fourth-order valence-electron chi connectivity index (χ4n) is 4.38. The Kier molecular flexibility index (Phi) is 5.69. The summed E-state index contributed by atoms with van der Waals surface area (Å²) < 4.78 is 11.0. The number of rotatable bonds is 6. The second-order valence-electron chi connectivity index (χ2n) is 7.18. The van der Waals surface area contributed by atoms with E-state index in [1.165, 1.54) is 0 Å². The summed E-state index contributed by atoms with van der Waals surface area (Å²) in [6.07, 6.45) is 5.00. The third-order valence-electron chi connectivity index (χ3n) is 5.80. The zero-order valence-corrected chi connectivity index (χ0v) is 15.6. The monoisotopic (exact) mass is 360 g/mol. The fourth-order valence-corrected chi connectivity index (χ4v) is 4.38. The lowest BCUT2D eigenvalue weighted by atomic mass is 9.64. The first-order valence-electron chi connectivity index (χ1n) is 9.38. The molecule has 2 aliphatic rings. The highest BCUT2D eigenvalue weighted by Crippen LogP contribution is 2.46. The number of piperidine rings is 1. The number of fused-ring (bicyclic) bond motifs is 1. The summed E-state index contributed by atoms with van der Waals surface area (Å²) in [6.45, 7) is 0.810. The third kappa shape index (κ3) is 3.50. The summed E-state index contributed by atoms with van der Waals surface area (Å²) in [4.78, 5) is 26.9. The molecule has 1 aliphatic heterocycles. The van der Waals surface area contributed by atoms with Crippen LogP contribution in [0.3, 0.4) is 0 Å². The van der Waals surface area contributed by atoms with E-state index in [4.69, 9.17) is 9.47 Å². The van der Waals surface area contributed by atoms with Gasteiger partial charge in [-0.15, -0.1) is 0 Å². The second-order valence-corrected chi connectivity index (χ2v) is 7.18. The molecule has 0 aromatic heterocycles. The van der Waals surface area contributed by atoms with Gasteiger partial charge in [-0.3, -0.25) is 9.59 Å². The minimum absolute atomic E-state index is 0.0210. The topological polar surface area (TPSA) is 67.9 Å². The van der Waals surface area contributed by atoms with Gasteiger partial charge in [0.2, 0.25) is 11.8 Å². The molecule has 0 radical (unpaired) electrons. The molecule has 3 rings (SSSR count). The van der Waals surface area contributed by atoms with Crippen LogP contribution in [0, 0.1) is 5.41 Å². The molecule has 0 unspecified atom stereocenters. The molecule has 142 valence electrons. The number of carbonyl (C=O) groups excluding carboxylic acids is 2. The molecule has 2 fully saturated rings. The van der Waals surface area contributed by atoms with E-state index in [1.807, 2.05) is 31.3 Å². The highest BCUT2D eigenvalue weighted by molar-refractivity contribution is 5.87. The van der Waals surface area contributed by atoms with Gasteiger partial charge in [0.15, 0.2) is 11.5 Å². The minimum Gasteiger partial charge on any atom is -0.493 e. The van der Waals surface area contributed by atoms with Gasteiger partial charge in [-0.2, -0.15) is 0 Å². The predicted molar refractivity (Wildman–Crippen MR) is 98.2 cm³/mol. The number of benzene rings is 1. The molecule has 26 heavy (non-hydrogen) atoms. The molecule has 1 aliphatic carbocycles. The quantitative estimate of drug-likeness (QED) is 0.791. The number of nitrogens with one attached hydrogen (secondary N) is 1. The Morgan fingerprint density at radius 2 is 2.04 bits per heavy atom. The Balaban J connectivity index is 1.57. The molecule has 1 saturated heterocycles. The highest BCUT2D eigenvalue weighted by Gasteiger charge is 2.52. The van der Waals surface area contributed by atoms with Gasteiger partial charge >= 0.3 is 0 Å². The molecule has 2 amide bonds. The molecule has 1 aromatic carbocycles. The van der Waals surface area contributed by atoms with Gasteiger partial charge in [-0.1, -0.05) is 25.0 Å². The summed E-state index contributed by atoms with van der Waals surface area (Å²) >= 11 is 0. The van der Waals surface area contributed by atoms with Crippen molar-refractivity contribution in [2.45, 2.75) is 44.6 Å². The van der Waals surface area contributed by atoms with Crippen molar-refractivity contribution in [3.63, 3.8) is 0 Å². The molecule has 1 saturated carbocycles. The van der Waals surface area contributed by atoms with E-state index in [1.54, 1.807) is 12.0 Å². The van der Waals surface area contributed by atoms with Crippen LogP contribution in [0.25, 0.3) is 0 Å². The molecule has 0 spiro atoms. The van der Waals surface area contributed by atoms with Gasteiger partial charge in [-0.25, -0.2) is 0 Å². The van der Waals surface area contributed by atoms with Gasteiger partial charge < -0.3 is 19.7 Å². The number of amides is 2. The van der Waals surface area contributed by atoms with Crippen molar-refractivity contribution in [3.05, 3.63) is 24.3 Å². The molecular weight excluding hydrogens is 332 g/mol. The number of hydrogen-bond acceptors (Lipinski definition) is 4. The van der Waals surface area contributed by atoms with E-state index in [0.717, 1.165) is 25.7 Å². The van der Waals surface area contributed by atoms with Crippen LogP contribution in [0.5, 0.6) is 11.5 Å². The number of hydrogen-bond donors (Lipinski definition) is 1. The first kappa shape index (κ1) is 18.5. The first-order chi connectivity index (χ1) is 12.6. The van der Waals surface area contributed by atoms with Crippen LogP contribution in [0.2, 0.25) is 0 Å². The van der Waals surface area contributed by atoms with E-state index >= 15 is 0 Å². The molecule has 1 heterocycles. The fraction of sp³-hybridized carbons (Fsp3) is 0.600. The van der Waals surface area contributed by atoms with E-state index in [-0.39, 0.29) is 17.9 Å². The average Bonchev–Trinajstić information content (AvgIpc) is 2.68. The van der Waals surface area contributed by atoms with Crippen molar-refractivity contribution in [2.24, 2.45) is 5.41 Å². The van der Waals surface area contributed by atoms with Crippen LogP contribution in [0.4, 0.5) is 0 Å². The van der Waals surface area contributed by atoms with Crippen molar-refractivity contribution in [2.75, 3.05) is 27.3 Å². The Labute approximate surface area is 154 Å². The van der Waals surface area contributed by atoms with Crippen LogP contribution in [-0.4, -0.2) is 50.1 Å². The zero-order chi connectivity index (χ0) is 18.6. The number of para-hydroxylation sites is 2. The summed E-state index contributed by atoms with van der Waals surface area (Å²) in [5.74, 6) is 1.56. The second kappa shape index (κ2) is 7.98. The summed E-state index contributed by atoms with van der Waals surface area (Å²) in [6, 6.07) is 7.48. The van der Waals surface area contributed by atoms with Gasteiger partial charge in [0.25, 0.3) is 0 Å². The van der Waals surface area contributed by atoms with Crippen molar-refractivity contribution in [3.8, 4) is 11.5 Å². The minimum atomic E-state index is -0.439. The molecule has 2 atom stereocenters. The number of likely N-dealkylation sites (tertiary alicyclic amines) is 1. The first-order valence-corrected chi connectivity index (χ1v) is 9.38. The van der Waals surface area contributed by atoms with E-state index in [2.05, 4.69) is 5.32 Å². The largest absolute Gasteiger partial charge is 0.493 e. The predicted octanol–water partition coefficient (Wildman–Crippen LogP) is 2.37. The van der Waals surface area contributed by atoms with Crippen molar-refractivity contribution in [1.29, 1.82) is 0 Å². The maximum atomic E-state index is 13.0. The molecule has 0 bridgehead atoms. The van der Waals surface area contributed by atoms with Crippen LogP contribution < -0.4 is 14.8 Å². The van der Waals surface area contributed by atoms with E-state index < -0.39 is 5.41 Å². The summed E-state index contributed by atoms with van der Waals surface area (Å²) in [5, 5.41) is 3.04. The number of methoxy groups -OCH3 is 1. The van der Waals surface area contributed by atoms with Crippen molar-refractivity contribution >= 4 is 11.8 Å². The van der Waals surface area contributed by atoms with Crippen molar-refractivity contribution < 1.29 is 19.1 Å². The zero-order valence-electron chi connectivity index (χ0n) is 15.6. The third-order valence-corrected chi connectivity index (χ3v) is 5.80. The lowest BCUT2D eigenvalue weighted by Crippen LogP contribution is -2.60. The van der Waals surface area contributed by atoms with Gasteiger partial charge in [0, 0.05) is 19.5 Å². The highest BCUT2D eigenvalue weighted by atomic mass is 16.5. The van der Waals surface area contributed by atoms with Crippen molar-refractivity contribution in [1.82, 2.24) is 10.2 Å². The molecule has 6 heteroatoms. The van der Waals surface area contributed by atoms with Crippen LogP contribution in [-0.2, 0) is 9.59 Å². The maximum absolute atomic E-state index is 13.0. The smallest absolute Gasteiger partial charge is 0.228 e. The molecular formula is C20H28N2O4. The van der Waals surface area contributed by atoms with E-state index in [9.17, 15) is 9.59 Å². The lowest BCUT2D eigenvalue weighted by molar-refractivity contribution is -0.153. The Bertz CT molecular complexity index is 663. The Morgan fingerprint density at radius 1 is 1.27 bits per heavy atom. The lowest BCUT2D eigenvalue weighted by Gasteiger charge is -2.50. The number of carbonyl (C=O) groups is 2. The normalized spacial score (nSPS) is 25.4.